The van der Waals surface area contributed by atoms with Gasteiger partial charge in [-0.3, -0.25) is 4.18 Å². The van der Waals surface area contributed by atoms with Gasteiger partial charge in [0.2, 0.25) is 0 Å². The standard InChI is InChI=1S/C22H22F3NO2S2/c1-3-4-20-19(13-14-28-30(27)18-11-5-15(2)6-12-18)26-21(29-20)16-7-9-17(10-8-16)22(23,24)25/h5-12H,3-4,13-14H2,1-2H3. The number of aromatic nitrogens is 1. The SMILES string of the molecule is CCCc1sc(-c2ccc(C(F)(F)F)cc2)nc1CCOS(=O)c1ccc(C)cc1. The van der Waals surface area contributed by atoms with E-state index in [2.05, 4.69) is 11.9 Å². The molecule has 0 saturated heterocycles. The Morgan fingerprint density at radius 3 is 2.30 bits per heavy atom. The predicted molar refractivity (Wildman–Crippen MR) is 114 cm³/mol. The van der Waals surface area contributed by atoms with E-state index in [4.69, 9.17) is 4.18 Å². The fraction of sp³-hybridized carbons (Fsp3) is 0.318. The first kappa shape index (κ1) is 22.7. The Morgan fingerprint density at radius 1 is 1.03 bits per heavy atom. The summed E-state index contributed by atoms with van der Waals surface area (Å²) in [5, 5.41) is 0.682. The Labute approximate surface area is 180 Å². The summed E-state index contributed by atoms with van der Waals surface area (Å²) >= 11 is -0.0634. The van der Waals surface area contributed by atoms with Gasteiger partial charge in [0.1, 0.15) is 5.01 Å². The first-order valence-corrected chi connectivity index (χ1v) is 11.4. The molecule has 2 aromatic carbocycles. The number of hydrogen-bond donors (Lipinski definition) is 0. The topological polar surface area (TPSA) is 39.2 Å². The van der Waals surface area contributed by atoms with E-state index in [-0.39, 0.29) is 6.61 Å². The quantitative estimate of drug-likeness (QED) is 0.398. The van der Waals surface area contributed by atoms with Gasteiger partial charge in [0.15, 0.2) is 11.1 Å². The van der Waals surface area contributed by atoms with Crippen LogP contribution in [0.15, 0.2) is 53.4 Å². The molecule has 30 heavy (non-hydrogen) atoms. The maximum atomic E-state index is 12.8. The van der Waals surface area contributed by atoms with Crippen molar-refractivity contribution in [1.29, 1.82) is 0 Å². The summed E-state index contributed by atoms with van der Waals surface area (Å²) in [4.78, 5) is 6.32. The van der Waals surface area contributed by atoms with Crippen LogP contribution in [0.1, 0.15) is 35.0 Å². The minimum Gasteiger partial charge on any atom is -0.286 e. The number of aryl methyl sites for hydroxylation is 2. The molecule has 0 aliphatic rings. The van der Waals surface area contributed by atoms with E-state index in [1.807, 2.05) is 19.1 Å². The molecule has 0 spiro atoms. The normalized spacial score (nSPS) is 12.8. The lowest BCUT2D eigenvalue weighted by molar-refractivity contribution is -0.137. The molecule has 0 aliphatic heterocycles. The van der Waals surface area contributed by atoms with E-state index in [0.29, 0.717) is 21.9 Å². The number of halogens is 3. The summed E-state index contributed by atoms with van der Waals surface area (Å²) < 4.78 is 56.1. The van der Waals surface area contributed by atoms with Gasteiger partial charge in [-0.15, -0.1) is 11.3 Å². The summed E-state index contributed by atoms with van der Waals surface area (Å²) in [6.07, 6.45) is -2.11. The van der Waals surface area contributed by atoms with Crippen molar-refractivity contribution in [1.82, 2.24) is 4.98 Å². The number of benzene rings is 2. The summed E-state index contributed by atoms with van der Waals surface area (Å²) in [5.74, 6) is 0. The van der Waals surface area contributed by atoms with Crippen LogP contribution >= 0.6 is 11.3 Å². The largest absolute Gasteiger partial charge is 0.416 e. The zero-order chi connectivity index (χ0) is 21.7. The maximum Gasteiger partial charge on any atom is 0.416 e. The fourth-order valence-electron chi connectivity index (χ4n) is 2.86. The molecule has 8 heteroatoms. The van der Waals surface area contributed by atoms with Crippen LogP contribution in [0.5, 0.6) is 0 Å². The first-order chi connectivity index (χ1) is 14.3. The maximum absolute atomic E-state index is 12.8. The van der Waals surface area contributed by atoms with Crippen LogP contribution in [0.3, 0.4) is 0 Å². The Kier molecular flexibility index (Phi) is 7.44. The Balaban J connectivity index is 1.69. The smallest absolute Gasteiger partial charge is 0.286 e. The van der Waals surface area contributed by atoms with Gasteiger partial charge < -0.3 is 0 Å². The van der Waals surface area contributed by atoms with Crippen LogP contribution in [0.25, 0.3) is 10.6 Å². The lowest BCUT2D eigenvalue weighted by Crippen LogP contribution is -2.04. The fourth-order valence-corrected chi connectivity index (χ4v) is 4.80. The molecule has 1 aromatic heterocycles. The molecule has 0 N–H and O–H groups in total. The average Bonchev–Trinajstić information content (AvgIpc) is 3.11. The van der Waals surface area contributed by atoms with Gasteiger partial charge >= 0.3 is 6.18 Å². The zero-order valence-corrected chi connectivity index (χ0v) is 18.3. The monoisotopic (exact) mass is 453 g/mol. The van der Waals surface area contributed by atoms with Crippen molar-refractivity contribution >= 4 is 22.4 Å². The minimum absolute atomic E-state index is 0.243. The summed E-state index contributed by atoms with van der Waals surface area (Å²) in [5.41, 5.74) is 1.90. The van der Waals surface area contributed by atoms with Crippen LogP contribution in [-0.2, 0) is 34.3 Å². The van der Waals surface area contributed by atoms with Crippen LogP contribution < -0.4 is 0 Å². The third kappa shape index (κ3) is 5.77. The van der Waals surface area contributed by atoms with Gasteiger partial charge in [0, 0.05) is 16.9 Å². The number of rotatable bonds is 8. The second-order valence-electron chi connectivity index (χ2n) is 6.83. The van der Waals surface area contributed by atoms with E-state index in [1.54, 1.807) is 12.1 Å². The van der Waals surface area contributed by atoms with Crippen molar-refractivity contribution in [2.45, 2.75) is 44.2 Å². The summed E-state index contributed by atoms with van der Waals surface area (Å²) in [6.45, 7) is 4.26. The van der Waals surface area contributed by atoms with Gasteiger partial charge in [-0.25, -0.2) is 9.19 Å². The molecular formula is C22H22F3NO2S2. The predicted octanol–water partition coefficient (Wildman–Crippen LogP) is 6.37. The van der Waals surface area contributed by atoms with Crippen molar-refractivity contribution in [2.24, 2.45) is 0 Å². The molecule has 0 fully saturated rings. The van der Waals surface area contributed by atoms with E-state index in [0.717, 1.165) is 41.1 Å². The van der Waals surface area contributed by atoms with Crippen molar-refractivity contribution in [2.75, 3.05) is 6.61 Å². The third-order valence-corrected chi connectivity index (χ3v) is 6.70. The molecule has 160 valence electrons. The van der Waals surface area contributed by atoms with Crippen LogP contribution in [0, 0.1) is 6.92 Å². The number of hydrogen-bond acceptors (Lipinski definition) is 4. The molecule has 1 heterocycles. The van der Waals surface area contributed by atoms with Gasteiger partial charge in [-0.1, -0.05) is 43.2 Å². The first-order valence-electron chi connectivity index (χ1n) is 9.56. The number of alkyl halides is 3. The molecule has 3 nitrogen and oxygen atoms in total. The Morgan fingerprint density at radius 2 is 1.70 bits per heavy atom. The molecule has 0 aliphatic carbocycles. The van der Waals surface area contributed by atoms with Crippen LogP contribution in [0.4, 0.5) is 13.2 Å². The average molecular weight is 454 g/mol. The van der Waals surface area contributed by atoms with E-state index >= 15 is 0 Å². The molecule has 3 aromatic rings. The second kappa shape index (κ2) is 9.85. The lowest BCUT2D eigenvalue weighted by Gasteiger charge is -2.06. The molecular weight excluding hydrogens is 431 g/mol. The van der Waals surface area contributed by atoms with Gasteiger partial charge in [-0.05, 0) is 37.6 Å². The highest BCUT2D eigenvalue weighted by Crippen LogP contribution is 2.33. The Bertz CT molecular complexity index is 997. The van der Waals surface area contributed by atoms with Crippen LogP contribution in [-0.4, -0.2) is 15.8 Å². The highest BCUT2D eigenvalue weighted by Gasteiger charge is 2.30. The molecule has 0 amide bonds. The van der Waals surface area contributed by atoms with Gasteiger partial charge in [-0.2, -0.15) is 13.2 Å². The molecule has 0 bridgehead atoms. The van der Waals surface area contributed by atoms with Crippen molar-refractivity contribution in [3.8, 4) is 10.6 Å². The van der Waals surface area contributed by atoms with Crippen molar-refractivity contribution in [3.05, 3.63) is 70.2 Å². The highest BCUT2D eigenvalue weighted by molar-refractivity contribution is 7.80. The van der Waals surface area contributed by atoms with Gasteiger partial charge in [0.05, 0.1) is 22.8 Å². The van der Waals surface area contributed by atoms with E-state index < -0.39 is 22.8 Å². The molecule has 1 atom stereocenters. The molecule has 0 radical (unpaired) electrons. The third-order valence-electron chi connectivity index (χ3n) is 4.46. The number of nitrogens with zero attached hydrogens (tertiary/aromatic N) is 1. The van der Waals surface area contributed by atoms with E-state index in [1.165, 1.54) is 23.5 Å². The van der Waals surface area contributed by atoms with E-state index in [9.17, 15) is 17.4 Å². The van der Waals surface area contributed by atoms with Gasteiger partial charge in [0.25, 0.3) is 0 Å². The number of thiazole rings is 1. The zero-order valence-electron chi connectivity index (χ0n) is 16.7. The lowest BCUT2D eigenvalue weighted by atomic mass is 10.1. The summed E-state index contributed by atoms with van der Waals surface area (Å²) in [7, 11) is 0. The minimum atomic E-state index is -4.36. The van der Waals surface area contributed by atoms with Crippen molar-refractivity contribution < 1.29 is 21.6 Å². The Hall–Kier alpha value is -2.03. The summed E-state index contributed by atoms with van der Waals surface area (Å²) in [6, 6.07) is 12.4. The second-order valence-corrected chi connectivity index (χ2v) is 9.09. The van der Waals surface area contributed by atoms with Crippen LogP contribution in [0.2, 0.25) is 0 Å². The molecule has 1 unspecified atom stereocenters. The molecule has 3 rings (SSSR count). The highest BCUT2D eigenvalue weighted by atomic mass is 32.2. The van der Waals surface area contributed by atoms with Crippen molar-refractivity contribution in [3.63, 3.8) is 0 Å². The molecule has 0 saturated carbocycles.